The van der Waals surface area contributed by atoms with Crippen molar-refractivity contribution in [3.8, 4) is 0 Å². The van der Waals surface area contributed by atoms with Crippen molar-refractivity contribution in [1.82, 2.24) is 4.57 Å². The SMILES string of the molecule is C=CCn1c(=NC(=O)C(c2ccccc2)c2ccccc2)sc2ccc(Cl)c(Cl)c21. The third kappa shape index (κ3) is 3.99. The molecule has 0 aliphatic heterocycles. The number of thiazole rings is 1. The van der Waals surface area contributed by atoms with Crippen LogP contribution in [0, 0.1) is 0 Å². The third-order valence-electron chi connectivity index (χ3n) is 4.76. The van der Waals surface area contributed by atoms with Crippen molar-refractivity contribution in [2.75, 3.05) is 0 Å². The molecule has 0 unspecified atom stereocenters. The predicted octanol–water partition coefficient (Wildman–Crippen LogP) is 6.46. The van der Waals surface area contributed by atoms with Gasteiger partial charge in [0.25, 0.3) is 5.91 Å². The van der Waals surface area contributed by atoms with Crippen LogP contribution in [0.3, 0.4) is 0 Å². The highest BCUT2D eigenvalue weighted by Crippen LogP contribution is 2.32. The lowest BCUT2D eigenvalue weighted by Gasteiger charge is -2.14. The first-order valence-electron chi connectivity index (χ1n) is 9.37. The molecule has 1 aromatic heterocycles. The van der Waals surface area contributed by atoms with Crippen LogP contribution in [-0.2, 0) is 11.3 Å². The van der Waals surface area contributed by atoms with E-state index in [2.05, 4.69) is 11.6 Å². The van der Waals surface area contributed by atoms with E-state index in [0.717, 1.165) is 21.3 Å². The summed E-state index contributed by atoms with van der Waals surface area (Å²) >= 11 is 14.1. The Morgan fingerprint density at radius 3 is 2.17 bits per heavy atom. The van der Waals surface area contributed by atoms with Crippen LogP contribution in [0.4, 0.5) is 0 Å². The van der Waals surface area contributed by atoms with Crippen LogP contribution in [0.15, 0.2) is 90.4 Å². The Balaban J connectivity index is 1.90. The fraction of sp³-hybridized carbons (Fsp3) is 0.0833. The average Bonchev–Trinajstić information content (AvgIpc) is 3.10. The summed E-state index contributed by atoms with van der Waals surface area (Å²) in [6.07, 6.45) is 1.75. The van der Waals surface area contributed by atoms with Gasteiger partial charge in [-0.2, -0.15) is 4.99 Å². The molecule has 0 saturated carbocycles. The maximum absolute atomic E-state index is 13.4. The summed E-state index contributed by atoms with van der Waals surface area (Å²) in [5.41, 5.74) is 2.56. The van der Waals surface area contributed by atoms with Gasteiger partial charge in [-0.1, -0.05) is 101 Å². The van der Waals surface area contributed by atoms with E-state index in [1.165, 1.54) is 11.3 Å². The number of hydrogen-bond acceptors (Lipinski definition) is 2. The van der Waals surface area contributed by atoms with Gasteiger partial charge in [0, 0.05) is 6.54 Å². The number of halogens is 2. The summed E-state index contributed by atoms with van der Waals surface area (Å²) in [4.78, 5) is 18.5. The van der Waals surface area contributed by atoms with E-state index >= 15 is 0 Å². The highest BCUT2D eigenvalue weighted by Gasteiger charge is 2.23. The summed E-state index contributed by atoms with van der Waals surface area (Å²) in [5, 5.41) is 0.910. The smallest absolute Gasteiger partial charge is 0.260 e. The van der Waals surface area contributed by atoms with Gasteiger partial charge in [-0.25, -0.2) is 0 Å². The molecule has 3 nitrogen and oxygen atoms in total. The summed E-state index contributed by atoms with van der Waals surface area (Å²) in [7, 11) is 0. The molecule has 0 fully saturated rings. The van der Waals surface area contributed by atoms with Gasteiger partial charge in [0.15, 0.2) is 4.80 Å². The fourth-order valence-corrected chi connectivity index (χ4v) is 4.94. The topological polar surface area (TPSA) is 34.4 Å². The van der Waals surface area contributed by atoms with E-state index < -0.39 is 5.92 Å². The summed E-state index contributed by atoms with van der Waals surface area (Å²) in [6.45, 7) is 4.29. The first-order valence-corrected chi connectivity index (χ1v) is 10.9. The molecule has 30 heavy (non-hydrogen) atoms. The Kier molecular flexibility index (Phi) is 6.18. The minimum atomic E-state index is -0.492. The molecule has 1 heterocycles. The molecule has 0 aliphatic carbocycles. The second-order valence-corrected chi connectivity index (χ2v) is 8.49. The zero-order valence-corrected chi connectivity index (χ0v) is 18.3. The molecule has 0 saturated heterocycles. The van der Waals surface area contributed by atoms with E-state index in [1.807, 2.05) is 71.3 Å². The van der Waals surface area contributed by atoms with Gasteiger partial charge >= 0.3 is 0 Å². The molecule has 150 valence electrons. The van der Waals surface area contributed by atoms with Gasteiger partial charge in [0.1, 0.15) is 0 Å². The Bertz CT molecular complexity index is 1240. The molecule has 1 amide bonds. The van der Waals surface area contributed by atoms with Crippen molar-refractivity contribution >= 4 is 50.7 Å². The zero-order chi connectivity index (χ0) is 21.1. The Hall–Kier alpha value is -2.66. The normalized spacial score (nSPS) is 11.9. The summed E-state index contributed by atoms with van der Waals surface area (Å²) in [6, 6.07) is 23.0. The van der Waals surface area contributed by atoms with Crippen molar-refractivity contribution in [2.45, 2.75) is 12.5 Å². The molecule has 3 aromatic carbocycles. The second kappa shape index (κ2) is 9.00. The van der Waals surface area contributed by atoms with Gasteiger partial charge in [0.05, 0.1) is 26.2 Å². The number of rotatable bonds is 5. The van der Waals surface area contributed by atoms with Gasteiger partial charge in [-0.15, -0.1) is 6.58 Å². The lowest BCUT2D eigenvalue weighted by molar-refractivity contribution is -0.118. The van der Waals surface area contributed by atoms with Crippen LogP contribution < -0.4 is 4.80 Å². The Morgan fingerprint density at radius 1 is 1.00 bits per heavy atom. The number of carbonyl (C=O) groups is 1. The number of fused-ring (bicyclic) bond motifs is 1. The minimum Gasteiger partial charge on any atom is -0.311 e. The standard InChI is InChI=1S/C24H18Cl2N2OS/c1-2-15-28-22-19(14-13-18(25)21(22)26)30-24(28)27-23(29)20(16-9-5-3-6-10-16)17-11-7-4-8-12-17/h2-14,20H,1,15H2. The highest BCUT2D eigenvalue weighted by molar-refractivity contribution is 7.16. The summed E-state index contributed by atoms with van der Waals surface area (Å²) in [5.74, 6) is -0.729. The van der Waals surface area contributed by atoms with Crippen molar-refractivity contribution < 1.29 is 4.79 Å². The number of hydrogen-bond donors (Lipinski definition) is 0. The van der Waals surface area contributed by atoms with Crippen molar-refractivity contribution in [3.05, 3.63) is 111 Å². The molecular formula is C24H18Cl2N2OS. The quantitative estimate of drug-likeness (QED) is 0.320. The average molecular weight is 453 g/mol. The van der Waals surface area contributed by atoms with Crippen molar-refractivity contribution in [1.29, 1.82) is 0 Å². The van der Waals surface area contributed by atoms with Crippen molar-refractivity contribution in [2.24, 2.45) is 4.99 Å². The maximum Gasteiger partial charge on any atom is 0.260 e. The van der Waals surface area contributed by atoms with Crippen LogP contribution >= 0.6 is 34.5 Å². The fourth-order valence-electron chi connectivity index (χ4n) is 3.41. The lowest BCUT2D eigenvalue weighted by Crippen LogP contribution is -2.20. The molecule has 0 bridgehead atoms. The molecule has 4 rings (SSSR count). The van der Waals surface area contributed by atoms with Gasteiger partial charge < -0.3 is 4.57 Å². The molecule has 0 atom stereocenters. The number of carbonyl (C=O) groups excluding carboxylic acids is 1. The van der Waals surface area contributed by atoms with E-state index in [1.54, 1.807) is 12.1 Å². The first-order chi connectivity index (χ1) is 14.6. The monoisotopic (exact) mass is 452 g/mol. The van der Waals surface area contributed by atoms with Crippen LogP contribution in [0.5, 0.6) is 0 Å². The molecule has 0 radical (unpaired) electrons. The summed E-state index contributed by atoms with van der Waals surface area (Å²) < 4.78 is 2.79. The Morgan fingerprint density at radius 2 is 1.60 bits per heavy atom. The van der Waals surface area contributed by atoms with E-state index in [0.29, 0.717) is 21.4 Å². The molecular weight excluding hydrogens is 435 g/mol. The molecule has 0 aliphatic rings. The van der Waals surface area contributed by atoms with Gasteiger partial charge in [-0.05, 0) is 23.3 Å². The molecule has 4 aromatic rings. The van der Waals surface area contributed by atoms with E-state index in [-0.39, 0.29) is 5.91 Å². The van der Waals surface area contributed by atoms with Gasteiger partial charge in [-0.3, -0.25) is 4.79 Å². The van der Waals surface area contributed by atoms with Gasteiger partial charge in [0.2, 0.25) is 0 Å². The predicted molar refractivity (Wildman–Crippen MR) is 125 cm³/mol. The third-order valence-corrected chi connectivity index (χ3v) is 6.60. The number of benzene rings is 3. The van der Waals surface area contributed by atoms with Crippen LogP contribution in [0.25, 0.3) is 10.2 Å². The first kappa shape index (κ1) is 20.6. The number of nitrogens with zero attached hydrogens (tertiary/aromatic N) is 2. The van der Waals surface area contributed by atoms with Crippen LogP contribution in [-0.4, -0.2) is 10.5 Å². The Labute approximate surface area is 188 Å². The second-order valence-electron chi connectivity index (χ2n) is 6.70. The molecule has 0 N–H and O–H groups in total. The lowest BCUT2D eigenvalue weighted by atomic mass is 9.91. The number of allylic oxidation sites excluding steroid dienone is 1. The molecule has 0 spiro atoms. The maximum atomic E-state index is 13.4. The number of aromatic nitrogens is 1. The zero-order valence-electron chi connectivity index (χ0n) is 16.0. The van der Waals surface area contributed by atoms with E-state index in [4.69, 9.17) is 23.2 Å². The van der Waals surface area contributed by atoms with E-state index in [9.17, 15) is 4.79 Å². The number of amides is 1. The highest BCUT2D eigenvalue weighted by atomic mass is 35.5. The largest absolute Gasteiger partial charge is 0.311 e. The van der Waals surface area contributed by atoms with Crippen LogP contribution in [0.1, 0.15) is 17.0 Å². The van der Waals surface area contributed by atoms with Crippen LogP contribution in [0.2, 0.25) is 10.0 Å². The molecule has 6 heteroatoms. The minimum absolute atomic E-state index is 0.237. The van der Waals surface area contributed by atoms with Crippen molar-refractivity contribution in [3.63, 3.8) is 0 Å².